The molecule has 0 bridgehead atoms. The fourth-order valence-electron chi connectivity index (χ4n) is 2.15. The molecule has 0 atom stereocenters. The lowest BCUT2D eigenvalue weighted by Crippen LogP contribution is -2.16. The molecule has 1 N–H and O–H groups in total. The fourth-order valence-corrected chi connectivity index (χ4v) is 2.15. The van der Waals surface area contributed by atoms with Crippen molar-refractivity contribution in [3.8, 4) is 11.5 Å². The van der Waals surface area contributed by atoms with Crippen molar-refractivity contribution in [2.45, 2.75) is 33.3 Å². The van der Waals surface area contributed by atoms with Gasteiger partial charge in [0, 0.05) is 11.1 Å². The summed E-state index contributed by atoms with van der Waals surface area (Å²) in [5, 5.41) is 7.87. The number of hydrogen-bond donors (Lipinski definition) is 1. The van der Waals surface area contributed by atoms with E-state index in [9.17, 15) is 0 Å². The lowest BCUT2D eigenvalue weighted by atomic mass is 9.95. The summed E-state index contributed by atoms with van der Waals surface area (Å²) in [6.07, 6.45) is 0. The monoisotopic (exact) mass is 249 g/mol. The Hall–Kier alpha value is -1.71. The third-order valence-corrected chi connectivity index (χ3v) is 2.93. The first-order valence-corrected chi connectivity index (χ1v) is 6.21. The van der Waals surface area contributed by atoms with Crippen LogP contribution in [0.3, 0.4) is 0 Å². The molecule has 0 unspecified atom stereocenters. The molecule has 0 spiro atoms. The van der Waals surface area contributed by atoms with Gasteiger partial charge < -0.3 is 14.2 Å². The summed E-state index contributed by atoms with van der Waals surface area (Å²) < 4.78 is 16.7. The van der Waals surface area contributed by atoms with Crippen molar-refractivity contribution in [2.24, 2.45) is 0 Å². The van der Waals surface area contributed by atoms with Crippen LogP contribution in [0.25, 0.3) is 0 Å². The highest BCUT2D eigenvalue weighted by Crippen LogP contribution is 2.42. The van der Waals surface area contributed by atoms with Crippen LogP contribution >= 0.6 is 0 Å². The SMILES string of the molecule is CCOc1cc2c(cc1OCC)C(C)(C)OC2=N. The van der Waals surface area contributed by atoms with E-state index in [4.69, 9.17) is 19.6 Å². The van der Waals surface area contributed by atoms with Gasteiger partial charge in [-0.2, -0.15) is 0 Å². The van der Waals surface area contributed by atoms with Crippen molar-refractivity contribution >= 4 is 5.90 Å². The summed E-state index contributed by atoms with van der Waals surface area (Å²) in [4.78, 5) is 0. The zero-order valence-electron chi connectivity index (χ0n) is 11.3. The Balaban J connectivity index is 2.53. The Kier molecular flexibility index (Phi) is 3.20. The van der Waals surface area contributed by atoms with Gasteiger partial charge in [-0.1, -0.05) is 0 Å². The van der Waals surface area contributed by atoms with Crippen LogP contribution in [0, 0.1) is 5.41 Å². The third kappa shape index (κ3) is 2.03. The van der Waals surface area contributed by atoms with Crippen LogP contribution in [0.5, 0.6) is 11.5 Å². The van der Waals surface area contributed by atoms with Gasteiger partial charge >= 0.3 is 0 Å². The minimum absolute atomic E-state index is 0.194. The second kappa shape index (κ2) is 4.52. The maximum Gasteiger partial charge on any atom is 0.214 e. The van der Waals surface area contributed by atoms with Gasteiger partial charge in [-0.25, -0.2) is 0 Å². The molecular weight excluding hydrogens is 230 g/mol. The van der Waals surface area contributed by atoms with Crippen molar-refractivity contribution in [3.05, 3.63) is 23.3 Å². The summed E-state index contributed by atoms with van der Waals surface area (Å²) in [7, 11) is 0. The van der Waals surface area contributed by atoms with Gasteiger partial charge in [-0.3, -0.25) is 5.41 Å². The van der Waals surface area contributed by atoms with Gasteiger partial charge in [-0.15, -0.1) is 0 Å². The lowest BCUT2D eigenvalue weighted by molar-refractivity contribution is 0.109. The quantitative estimate of drug-likeness (QED) is 0.892. The van der Waals surface area contributed by atoms with E-state index in [0.717, 1.165) is 11.1 Å². The van der Waals surface area contributed by atoms with Crippen LogP contribution in [0.1, 0.15) is 38.8 Å². The Morgan fingerprint density at radius 2 is 1.67 bits per heavy atom. The Morgan fingerprint density at radius 3 is 2.22 bits per heavy atom. The molecule has 1 heterocycles. The maximum atomic E-state index is 7.87. The molecule has 0 amide bonds. The van der Waals surface area contributed by atoms with Crippen molar-refractivity contribution < 1.29 is 14.2 Å². The van der Waals surface area contributed by atoms with E-state index < -0.39 is 5.60 Å². The van der Waals surface area contributed by atoms with Crippen LogP contribution < -0.4 is 9.47 Å². The fraction of sp³-hybridized carbons (Fsp3) is 0.500. The second-order valence-electron chi connectivity index (χ2n) is 4.65. The van der Waals surface area contributed by atoms with Gasteiger partial charge in [0.05, 0.1) is 13.2 Å². The number of rotatable bonds is 4. The maximum absolute atomic E-state index is 7.87. The molecule has 1 aliphatic rings. The van der Waals surface area contributed by atoms with Crippen LogP contribution in [0.2, 0.25) is 0 Å². The Labute approximate surface area is 107 Å². The number of fused-ring (bicyclic) bond motifs is 1. The highest BCUT2D eigenvalue weighted by molar-refractivity contribution is 5.97. The summed E-state index contributed by atoms with van der Waals surface area (Å²) in [6.45, 7) is 8.91. The standard InChI is InChI=1S/C14H19NO3/c1-5-16-11-7-9-10(8-12(11)17-6-2)14(3,4)18-13(9)15/h7-8,15H,5-6H2,1-4H3. The van der Waals surface area contributed by atoms with Gasteiger partial charge in [-0.05, 0) is 39.8 Å². The number of ether oxygens (including phenoxy) is 3. The molecule has 1 aromatic carbocycles. The van der Waals surface area contributed by atoms with E-state index in [1.54, 1.807) is 0 Å². The van der Waals surface area contributed by atoms with Gasteiger partial charge in [0.1, 0.15) is 5.60 Å². The van der Waals surface area contributed by atoms with Gasteiger partial charge in [0.2, 0.25) is 5.90 Å². The first kappa shape index (κ1) is 12.7. The summed E-state index contributed by atoms with van der Waals surface area (Å²) in [5.41, 5.74) is 1.27. The normalized spacial score (nSPS) is 16.1. The average Bonchev–Trinajstić information content (AvgIpc) is 2.51. The molecule has 4 nitrogen and oxygen atoms in total. The van der Waals surface area contributed by atoms with Crippen LogP contribution in [-0.2, 0) is 10.3 Å². The second-order valence-corrected chi connectivity index (χ2v) is 4.65. The van der Waals surface area contributed by atoms with Crippen molar-refractivity contribution in [3.63, 3.8) is 0 Å². The van der Waals surface area contributed by atoms with Crippen molar-refractivity contribution in [1.29, 1.82) is 5.41 Å². The van der Waals surface area contributed by atoms with Crippen LogP contribution in [0.15, 0.2) is 12.1 Å². The third-order valence-electron chi connectivity index (χ3n) is 2.93. The molecule has 4 heteroatoms. The molecule has 0 aromatic heterocycles. The predicted octanol–water partition coefficient (Wildman–Crippen LogP) is 3.07. The molecule has 1 aromatic rings. The molecule has 0 aliphatic carbocycles. The van der Waals surface area contributed by atoms with E-state index >= 15 is 0 Å². The zero-order valence-corrected chi connectivity index (χ0v) is 11.3. The van der Waals surface area contributed by atoms with E-state index in [1.165, 1.54) is 0 Å². The molecule has 18 heavy (non-hydrogen) atoms. The topological polar surface area (TPSA) is 51.5 Å². The van der Waals surface area contributed by atoms with Crippen LogP contribution in [-0.4, -0.2) is 19.1 Å². The first-order valence-electron chi connectivity index (χ1n) is 6.21. The number of hydrogen-bond acceptors (Lipinski definition) is 4. The van der Waals surface area contributed by atoms with Gasteiger partial charge in [0.15, 0.2) is 11.5 Å². The molecule has 1 aliphatic heterocycles. The van der Waals surface area contributed by atoms with E-state index in [0.29, 0.717) is 24.7 Å². The smallest absolute Gasteiger partial charge is 0.214 e. The predicted molar refractivity (Wildman–Crippen MR) is 69.7 cm³/mol. The lowest BCUT2D eigenvalue weighted by Gasteiger charge is -2.19. The molecule has 0 saturated heterocycles. The van der Waals surface area contributed by atoms with E-state index in [1.807, 2.05) is 39.8 Å². The minimum Gasteiger partial charge on any atom is -0.490 e. The largest absolute Gasteiger partial charge is 0.490 e. The highest BCUT2D eigenvalue weighted by atomic mass is 16.5. The summed E-state index contributed by atoms with van der Waals surface area (Å²) in [5.74, 6) is 1.58. The van der Waals surface area contributed by atoms with E-state index in [-0.39, 0.29) is 5.90 Å². The summed E-state index contributed by atoms with van der Waals surface area (Å²) >= 11 is 0. The van der Waals surface area contributed by atoms with E-state index in [2.05, 4.69) is 0 Å². The summed E-state index contributed by atoms with van der Waals surface area (Å²) in [6, 6.07) is 3.76. The molecule has 0 saturated carbocycles. The Bertz CT molecular complexity index is 480. The first-order chi connectivity index (χ1) is 8.49. The highest BCUT2D eigenvalue weighted by Gasteiger charge is 2.37. The molecule has 0 fully saturated rings. The zero-order chi connectivity index (χ0) is 13.3. The molecule has 98 valence electrons. The van der Waals surface area contributed by atoms with Crippen molar-refractivity contribution in [1.82, 2.24) is 0 Å². The van der Waals surface area contributed by atoms with Crippen molar-refractivity contribution in [2.75, 3.05) is 13.2 Å². The van der Waals surface area contributed by atoms with Crippen LogP contribution in [0.4, 0.5) is 0 Å². The molecule has 2 rings (SSSR count). The number of nitrogens with one attached hydrogen (secondary N) is 1. The van der Waals surface area contributed by atoms with Gasteiger partial charge in [0.25, 0.3) is 0 Å². The molecular formula is C14H19NO3. The number of benzene rings is 1. The Morgan fingerprint density at radius 1 is 1.11 bits per heavy atom. The average molecular weight is 249 g/mol. The minimum atomic E-state index is -0.483. The molecule has 0 radical (unpaired) electrons.